The van der Waals surface area contributed by atoms with Gasteiger partial charge >= 0.3 is 0 Å². The molecule has 0 bridgehead atoms. The maximum absolute atomic E-state index is 11.1. The van der Waals surface area contributed by atoms with Gasteiger partial charge in [-0.05, 0) is 37.4 Å². The highest BCUT2D eigenvalue weighted by Gasteiger charge is 2.24. The van der Waals surface area contributed by atoms with Gasteiger partial charge in [0.1, 0.15) is 0 Å². The molecule has 0 aromatic carbocycles. The normalized spacial score (nSPS) is 17.8. The fraction of sp³-hybridized carbons (Fsp3) is 0.421. The number of hydrogen-bond acceptors (Lipinski definition) is 5. The molecule has 1 aliphatic rings. The Hall–Kier alpha value is -2.25. The standard InChI is InChI=1S/C19H23N5OS/c1-13(25)22-19-21-10-17(26-19)12-24-6-4-14(11-24)7-16-8-15-9-20-5-3-18(15)23(16)2/h3,5,8-10,14H,4,6-7,11-12H2,1-2H3,(H,21,22,25). The molecule has 1 N–H and O–H groups in total. The Bertz CT molecular complexity index is 931. The van der Waals surface area contributed by atoms with E-state index in [0.29, 0.717) is 11.0 Å². The van der Waals surface area contributed by atoms with Gasteiger partial charge in [-0.15, -0.1) is 11.3 Å². The van der Waals surface area contributed by atoms with Crippen LogP contribution in [0.4, 0.5) is 5.13 Å². The van der Waals surface area contributed by atoms with Crippen molar-refractivity contribution in [2.45, 2.75) is 26.3 Å². The summed E-state index contributed by atoms with van der Waals surface area (Å²) < 4.78 is 2.29. The Morgan fingerprint density at radius 1 is 1.42 bits per heavy atom. The zero-order chi connectivity index (χ0) is 18.1. The first-order valence-electron chi connectivity index (χ1n) is 8.91. The topological polar surface area (TPSA) is 63.1 Å². The van der Waals surface area contributed by atoms with Crippen LogP contribution >= 0.6 is 11.3 Å². The van der Waals surface area contributed by atoms with Crippen molar-refractivity contribution in [3.63, 3.8) is 0 Å². The molecule has 4 heterocycles. The van der Waals surface area contributed by atoms with Crippen molar-refractivity contribution >= 4 is 33.3 Å². The molecule has 6 nitrogen and oxygen atoms in total. The van der Waals surface area contributed by atoms with Crippen molar-refractivity contribution < 1.29 is 4.79 Å². The summed E-state index contributed by atoms with van der Waals surface area (Å²) in [6.45, 7) is 4.64. The van der Waals surface area contributed by atoms with Crippen LogP contribution in [0.3, 0.4) is 0 Å². The first-order valence-corrected chi connectivity index (χ1v) is 9.73. The molecule has 3 aromatic heterocycles. The van der Waals surface area contributed by atoms with E-state index in [9.17, 15) is 4.79 Å². The smallest absolute Gasteiger partial charge is 0.223 e. The second kappa shape index (κ2) is 7.17. The van der Waals surface area contributed by atoms with E-state index in [2.05, 4.69) is 43.9 Å². The molecule has 0 saturated carbocycles. The molecule has 3 aromatic rings. The zero-order valence-electron chi connectivity index (χ0n) is 15.1. The molecule has 26 heavy (non-hydrogen) atoms. The lowest BCUT2D eigenvalue weighted by molar-refractivity contribution is -0.114. The van der Waals surface area contributed by atoms with E-state index in [-0.39, 0.29) is 5.91 Å². The molecular formula is C19H23N5OS. The largest absolute Gasteiger partial charge is 0.348 e. The summed E-state index contributed by atoms with van der Waals surface area (Å²) in [6, 6.07) is 4.35. The molecule has 0 aliphatic carbocycles. The highest BCUT2D eigenvalue weighted by molar-refractivity contribution is 7.15. The number of pyridine rings is 1. The minimum Gasteiger partial charge on any atom is -0.348 e. The number of rotatable bonds is 5. The summed E-state index contributed by atoms with van der Waals surface area (Å²) in [5.41, 5.74) is 2.63. The van der Waals surface area contributed by atoms with E-state index in [4.69, 9.17) is 0 Å². The Balaban J connectivity index is 1.36. The van der Waals surface area contributed by atoms with Gasteiger partial charge in [0.2, 0.25) is 5.91 Å². The van der Waals surface area contributed by atoms with Crippen molar-refractivity contribution in [1.29, 1.82) is 0 Å². The van der Waals surface area contributed by atoms with Gasteiger partial charge < -0.3 is 9.88 Å². The molecule has 1 amide bonds. The second-order valence-electron chi connectivity index (χ2n) is 7.04. The van der Waals surface area contributed by atoms with Crippen molar-refractivity contribution in [2.24, 2.45) is 13.0 Å². The van der Waals surface area contributed by atoms with Gasteiger partial charge in [0.05, 0.1) is 5.52 Å². The lowest BCUT2D eigenvalue weighted by atomic mass is 10.0. The maximum atomic E-state index is 11.1. The molecule has 0 radical (unpaired) electrons. The number of amides is 1. The number of nitrogens with zero attached hydrogens (tertiary/aromatic N) is 4. The van der Waals surface area contributed by atoms with Crippen molar-refractivity contribution in [3.05, 3.63) is 41.3 Å². The van der Waals surface area contributed by atoms with Crippen LogP contribution in [0.15, 0.2) is 30.7 Å². The molecule has 1 saturated heterocycles. The monoisotopic (exact) mass is 369 g/mol. The molecule has 1 atom stereocenters. The van der Waals surface area contributed by atoms with Crippen LogP contribution in [0.2, 0.25) is 0 Å². The van der Waals surface area contributed by atoms with Crippen LogP contribution in [0.5, 0.6) is 0 Å². The van der Waals surface area contributed by atoms with Crippen molar-refractivity contribution in [2.75, 3.05) is 18.4 Å². The third-order valence-electron chi connectivity index (χ3n) is 5.03. The summed E-state index contributed by atoms with van der Waals surface area (Å²) in [5.74, 6) is 0.603. The highest BCUT2D eigenvalue weighted by atomic mass is 32.1. The van der Waals surface area contributed by atoms with Crippen LogP contribution in [-0.4, -0.2) is 38.4 Å². The summed E-state index contributed by atoms with van der Waals surface area (Å²) in [4.78, 5) is 23.3. The number of carbonyl (C=O) groups is 1. The summed E-state index contributed by atoms with van der Waals surface area (Å²) in [7, 11) is 2.14. The predicted octanol–water partition coefficient (Wildman–Crippen LogP) is 3.05. The maximum Gasteiger partial charge on any atom is 0.223 e. The van der Waals surface area contributed by atoms with Gasteiger partial charge in [-0.25, -0.2) is 4.98 Å². The first-order chi connectivity index (χ1) is 12.6. The highest BCUT2D eigenvalue weighted by Crippen LogP contribution is 2.27. The number of carbonyl (C=O) groups excluding carboxylic acids is 1. The van der Waals surface area contributed by atoms with E-state index < -0.39 is 0 Å². The number of thiazole rings is 1. The molecule has 1 aliphatic heterocycles. The number of fused-ring (bicyclic) bond motifs is 1. The third-order valence-corrected chi connectivity index (χ3v) is 5.92. The van der Waals surface area contributed by atoms with Crippen molar-refractivity contribution in [3.8, 4) is 0 Å². The average Bonchev–Trinajstić information content (AvgIpc) is 3.30. The van der Waals surface area contributed by atoms with Gasteiger partial charge in [0.15, 0.2) is 5.13 Å². The van der Waals surface area contributed by atoms with E-state index in [0.717, 1.165) is 26.1 Å². The number of nitrogens with one attached hydrogen (secondary N) is 1. The first kappa shape index (κ1) is 17.2. The van der Waals surface area contributed by atoms with Crippen molar-refractivity contribution in [1.82, 2.24) is 19.4 Å². The number of anilines is 1. The minimum absolute atomic E-state index is 0.0720. The van der Waals surface area contributed by atoms with Gasteiger partial charge in [0.25, 0.3) is 0 Å². The fourth-order valence-electron chi connectivity index (χ4n) is 3.77. The van der Waals surface area contributed by atoms with Crippen LogP contribution in [0, 0.1) is 5.92 Å². The van der Waals surface area contributed by atoms with Gasteiger partial charge in [-0.1, -0.05) is 0 Å². The molecule has 0 spiro atoms. The fourth-order valence-corrected chi connectivity index (χ4v) is 4.67. The van der Waals surface area contributed by atoms with Crippen LogP contribution in [0.1, 0.15) is 23.9 Å². The summed E-state index contributed by atoms with van der Waals surface area (Å²) in [6.07, 6.45) is 7.99. The number of hydrogen-bond donors (Lipinski definition) is 1. The van der Waals surface area contributed by atoms with Gasteiger partial charge in [-0.2, -0.15) is 0 Å². The second-order valence-corrected chi connectivity index (χ2v) is 8.15. The number of likely N-dealkylation sites (tertiary alicyclic amines) is 1. The lowest BCUT2D eigenvalue weighted by Gasteiger charge is -2.15. The Kier molecular flexibility index (Phi) is 4.74. The molecule has 1 unspecified atom stereocenters. The minimum atomic E-state index is -0.0720. The third kappa shape index (κ3) is 3.64. The Morgan fingerprint density at radius 3 is 3.12 bits per heavy atom. The molecule has 136 valence electrons. The molecule has 7 heteroatoms. The molecule has 1 fully saturated rings. The van der Waals surface area contributed by atoms with Crippen LogP contribution < -0.4 is 5.32 Å². The van der Waals surface area contributed by atoms with Gasteiger partial charge in [-0.3, -0.25) is 14.7 Å². The van der Waals surface area contributed by atoms with Crippen LogP contribution in [0.25, 0.3) is 10.9 Å². The van der Waals surface area contributed by atoms with Gasteiger partial charge in [0, 0.05) is 61.6 Å². The van der Waals surface area contributed by atoms with E-state index in [1.807, 2.05) is 18.6 Å². The quantitative estimate of drug-likeness (QED) is 0.751. The number of aromatic nitrogens is 3. The lowest BCUT2D eigenvalue weighted by Crippen LogP contribution is -2.20. The van der Waals surface area contributed by atoms with Crippen LogP contribution in [-0.2, 0) is 24.8 Å². The average molecular weight is 369 g/mol. The SMILES string of the molecule is CC(=O)Nc1ncc(CN2CCC(Cc3cc4cnccc4n3C)C2)s1. The van der Waals surface area contributed by atoms with E-state index in [1.165, 1.54) is 34.8 Å². The summed E-state index contributed by atoms with van der Waals surface area (Å²) in [5, 5.41) is 4.66. The predicted molar refractivity (Wildman–Crippen MR) is 104 cm³/mol. The van der Waals surface area contributed by atoms with E-state index >= 15 is 0 Å². The molecule has 4 rings (SSSR count). The number of aryl methyl sites for hydroxylation is 1. The Morgan fingerprint density at radius 2 is 2.31 bits per heavy atom. The zero-order valence-corrected chi connectivity index (χ0v) is 15.9. The summed E-state index contributed by atoms with van der Waals surface area (Å²) >= 11 is 1.56. The Labute approximate surface area is 156 Å². The van der Waals surface area contributed by atoms with E-state index in [1.54, 1.807) is 11.3 Å². The molecular weight excluding hydrogens is 346 g/mol.